The summed E-state index contributed by atoms with van der Waals surface area (Å²) in [5.41, 5.74) is 7.43. The van der Waals surface area contributed by atoms with Gasteiger partial charge >= 0.3 is 0 Å². The summed E-state index contributed by atoms with van der Waals surface area (Å²) in [6.45, 7) is 2.62. The molecule has 1 aromatic heterocycles. The van der Waals surface area contributed by atoms with Crippen molar-refractivity contribution in [1.82, 2.24) is 4.98 Å². The van der Waals surface area contributed by atoms with Gasteiger partial charge in [-0.05, 0) is 37.8 Å². The average molecular weight is 248 g/mol. The number of fused-ring (bicyclic) bond motifs is 2. The van der Waals surface area contributed by atoms with Crippen LogP contribution in [-0.2, 0) is 4.74 Å². The molecular formula is C14H20N2O2. The number of hydrogen-bond acceptors (Lipinski definition) is 4. The number of nitrogens with zero attached hydrogens (tertiary/aromatic N) is 1. The monoisotopic (exact) mass is 248 g/mol. The molecular weight excluding hydrogens is 228 g/mol. The molecule has 2 N–H and O–H groups in total. The molecule has 2 bridgehead atoms. The van der Waals surface area contributed by atoms with Gasteiger partial charge in [0, 0.05) is 18.2 Å². The van der Waals surface area contributed by atoms with Crippen LogP contribution < -0.4 is 10.5 Å². The lowest BCUT2D eigenvalue weighted by Gasteiger charge is -2.25. The first kappa shape index (κ1) is 11.9. The molecule has 3 heterocycles. The van der Waals surface area contributed by atoms with Crippen molar-refractivity contribution in [3.63, 3.8) is 0 Å². The van der Waals surface area contributed by atoms with Crippen LogP contribution in [0.15, 0.2) is 18.5 Å². The van der Waals surface area contributed by atoms with Gasteiger partial charge in [-0.3, -0.25) is 4.98 Å². The minimum Gasteiger partial charge on any atom is -0.492 e. The Hall–Kier alpha value is -1.13. The summed E-state index contributed by atoms with van der Waals surface area (Å²) < 4.78 is 11.3. The zero-order valence-corrected chi connectivity index (χ0v) is 10.7. The van der Waals surface area contributed by atoms with E-state index in [9.17, 15) is 0 Å². The average Bonchev–Trinajstić information content (AvgIpc) is 3.01. The Bertz CT molecular complexity index is 424. The van der Waals surface area contributed by atoms with Crippen LogP contribution in [0.1, 0.15) is 37.8 Å². The molecule has 1 aromatic rings. The molecule has 0 saturated carbocycles. The van der Waals surface area contributed by atoms with Crippen molar-refractivity contribution in [3.05, 3.63) is 24.0 Å². The summed E-state index contributed by atoms with van der Waals surface area (Å²) in [6, 6.07) is 2.01. The van der Waals surface area contributed by atoms with Gasteiger partial charge in [0.2, 0.25) is 0 Å². The lowest BCUT2D eigenvalue weighted by Crippen LogP contribution is -2.29. The highest BCUT2D eigenvalue weighted by Gasteiger charge is 2.43. The van der Waals surface area contributed by atoms with Crippen molar-refractivity contribution >= 4 is 0 Å². The second-order valence-electron chi connectivity index (χ2n) is 5.19. The maximum Gasteiger partial charge on any atom is 0.137 e. The fourth-order valence-corrected chi connectivity index (χ4v) is 3.17. The fraction of sp³-hybridized carbons (Fsp3) is 0.643. The summed E-state index contributed by atoms with van der Waals surface area (Å²) in [5.74, 6) is 1.23. The topological polar surface area (TPSA) is 57.4 Å². The zero-order chi connectivity index (χ0) is 12.5. The van der Waals surface area contributed by atoms with Crippen molar-refractivity contribution in [2.75, 3.05) is 6.61 Å². The van der Waals surface area contributed by atoms with Gasteiger partial charge in [-0.2, -0.15) is 0 Å². The summed E-state index contributed by atoms with van der Waals surface area (Å²) in [4.78, 5) is 4.21. The normalized spacial score (nSPS) is 31.6. The molecule has 18 heavy (non-hydrogen) atoms. The molecule has 2 fully saturated rings. The fourth-order valence-electron chi connectivity index (χ4n) is 3.17. The summed E-state index contributed by atoms with van der Waals surface area (Å²) in [7, 11) is 0. The van der Waals surface area contributed by atoms with E-state index in [0.717, 1.165) is 24.2 Å². The minimum absolute atomic E-state index is 0.00760. The molecule has 0 aromatic carbocycles. The molecule has 2 saturated heterocycles. The summed E-state index contributed by atoms with van der Waals surface area (Å²) in [6.07, 6.45) is 7.81. The molecule has 2 aliphatic rings. The van der Waals surface area contributed by atoms with Gasteiger partial charge in [0.15, 0.2) is 0 Å². The van der Waals surface area contributed by atoms with Crippen LogP contribution in [0.3, 0.4) is 0 Å². The number of ether oxygens (including phenoxy) is 2. The van der Waals surface area contributed by atoms with Crippen molar-refractivity contribution in [3.8, 4) is 5.75 Å². The highest BCUT2D eigenvalue weighted by Crippen LogP contribution is 2.43. The molecule has 4 heteroatoms. The van der Waals surface area contributed by atoms with E-state index in [4.69, 9.17) is 15.2 Å². The number of pyridine rings is 1. The smallest absolute Gasteiger partial charge is 0.137 e. The molecule has 4 nitrogen and oxygen atoms in total. The van der Waals surface area contributed by atoms with Crippen LogP contribution >= 0.6 is 0 Å². The Kier molecular flexibility index (Phi) is 3.22. The summed E-state index contributed by atoms with van der Waals surface area (Å²) >= 11 is 0. The summed E-state index contributed by atoms with van der Waals surface area (Å²) in [5, 5.41) is 0. The third kappa shape index (κ3) is 2.10. The van der Waals surface area contributed by atoms with E-state index in [1.807, 2.05) is 19.2 Å². The second kappa shape index (κ2) is 4.86. The molecule has 0 radical (unpaired) electrons. The predicted molar refractivity (Wildman–Crippen MR) is 68.3 cm³/mol. The first-order valence-electron chi connectivity index (χ1n) is 6.76. The van der Waals surface area contributed by atoms with Gasteiger partial charge in [-0.1, -0.05) is 0 Å². The minimum atomic E-state index is 0.00760. The highest BCUT2D eigenvalue weighted by atomic mass is 16.5. The van der Waals surface area contributed by atoms with Gasteiger partial charge in [0.05, 0.1) is 25.0 Å². The molecule has 98 valence electrons. The molecule has 0 aliphatic carbocycles. The van der Waals surface area contributed by atoms with Gasteiger partial charge in [-0.15, -0.1) is 0 Å². The molecule has 3 rings (SSSR count). The Morgan fingerprint density at radius 1 is 1.50 bits per heavy atom. The van der Waals surface area contributed by atoms with E-state index in [-0.39, 0.29) is 6.04 Å². The van der Waals surface area contributed by atoms with Crippen molar-refractivity contribution < 1.29 is 9.47 Å². The van der Waals surface area contributed by atoms with Gasteiger partial charge in [-0.25, -0.2) is 0 Å². The maximum absolute atomic E-state index is 6.38. The van der Waals surface area contributed by atoms with Crippen LogP contribution in [0.2, 0.25) is 0 Å². The third-order valence-electron chi connectivity index (χ3n) is 4.04. The van der Waals surface area contributed by atoms with Crippen molar-refractivity contribution in [2.45, 2.75) is 44.4 Å². The largest absolute Gasteiger partial charge is 0.492 e. The van der Waals surface area contributed by atoms with Crippen LogP contribution in [0.5, 0.6) is 5.75 Å². The van der Waals surface area contributed by atoms with Gasteiger partial charge in [0.25, 0.3) is 0 Å². The lowest BCUT2D eigenvalue weighted by atomic mass is 9.82. The number of rotatable bonds is 4. The maximum atomic E-state index is 6.38. The van der Waals surface area contributed by atoms with Gasteiger partial charge < -0.3 is 15.2 Å². The first-order chi connectivity index (χ1) is 8.78. The van der Waals surface area contributed by atoms with E-state index in [0.29, 0.717) is 24.7 Å². The number of aromatic nitrogens is 1. The number of nitrogens with two attached hydrogens (primary N) is 1. The predicted octanol–water partition coefficient (Wildman–Crippen LogP) is 2.05. The van der Waals surface area contributed by atoms with Gasteiger partial charge in [0.1, 0.15) is 5.75 Å². The second-order valence-corrected chi connectivity index (χ2v) is 5.19. The van der Waals surface area contributed by atoms with E-state index in [2.05, 4.69) is 4.98 Å². The molecule has 4 unspecified atom stereocenters. The van der Waals surface area contributed by atoms with E-state index in [1.165, 1.54) is 6.42 Å². The Morgan fingerprint density at radius 2 is 2.39 bits per heavy atom. The molecule has 0 spiro atoms. The zero-order valence-electron chi connectivity index (χ0n) is 10.7. The van der Waals surface area contributed by atoms with E-state index in [1.54, 1.807) is 6.20 Å². The molecule has 4 atom stereocenters. The number of hydrogen-bond donors (Lipinski definition) is 1. The van der Waals surface area contributed by atoms with E-state index >= 15 is 0 Å². The Balaban J connectivity index is 1.75. The van der Waals surface area contributed by atoms with Crippen molar-refractivity contribution in [2.24, 2.45) is 11.7 Å². The molecule has 0 amide bonds. The Morgan fingerprint density at radius 3 is 3.06 bits per heavy atom. The van der Waals surface area contributed by atoms with Crippen LogP contribution in [0.4, 0.5) is 0 Å². The van der Waals surface area contributed by atoms with Crippen LogP contribution in [0.25, 0.3) is 0 Å². The third-order valence-corrected chi connectivity index (χ3v) is 4.04. The van der Waals surface area contributed by atoms with Crippen LogP contribution in [0, 0.1) is 5.92 Å². The SMILES string of the molecule is CCOc1cncc(C(N)C2CC3CCC2O3)c1. The van der Waals surface area contributed by atoms with Crippen LogP contribution in [-0.4, -0.2) is 23.8 Å². The first-order valence-corrected chi connectivity index (χ1v) is 6.76. The highest BCUT2D eigenvalue weighted by molar-refractivity contribution is 5.27. The quantitative estimate of drug-likeness (QED) is 0.886. The Labute approximate surface area is 107 Å². The van der Waals surface area contributed by atoms with Crippen molar-refractivity contribution in [1.29, 1.82) is 0 Å². The standard InChI is InChI=1S/C14H20N2O2/c1-2-17-11-5-9(7-16-8-11)14(15)12-6-10-3-4-13(12)18-10/h5,7-8,10,12-14H,2-4,6,15H2,1H3. The molecule has 2 aliphatic heterocycles. The van der Waals surface area contributed by atoms with E-state index < -0.39 is 0 Å². The lowest BCUT2D eigenvalue weighted by molar-refractivity contribution is 0.0884.